The number of carbonyl (C=O) groups excluding carboxylic acids is 1. The van der Waals surface area contributed by atoms with Crippen molar-refractivity contribution in [2.24, 2.45) is 0 Å². The van der Waals surface area contributed by atoms with Crippen molar-refractivity contribution in [3.63, 3.8) is 0 Å². The average Bonchev–Trinajstić information content (AvgIpc) is 2.51. The third-order valence-electron chi connectivity index (χ3n) is 4.09. The van der Waals surface area contributed by atoms with E-state index >= 15 is 0 Å². The van der Waals surface area contributed by atoms with E-state index in [4.69, 9.17) is 0 Å². The number of thioether (sulfide) groups is 1. The molecule has 0 saturated carbocycles. The molecule has 21 heavy (non-hydrogen) atoms. The summed E-state index contributed by atoms with van der Waals surface area (Å²) in [6, 6.07) is 8.39. The molecule has 3 nitrogen and oxygen atoms in total. The Morgan fingerprint density at radius 2 is 2.00 bits per heavy atom. The van der Waals surface area contributed by atoms with Crippen LogP contribution in [0.2, 0.25) is 0 Å². The van der Waals surface area contributed by atoms with E-state index in [1.165, 1.54) is 37.0 Å². The number of hydrogen-bond acceptors (Lipinski definition) is 3. The van der Waals surface area contributed by atoms with Crippen LogP contribution in [0.3, 0.4) is 0 Å². The smallest absolute Gasteiger partial charge is 0.228 e. The SMILES string of the molecule is CSCCCCCCNC1CC(=O)N(C)c2ccccc21. The quantitative estimate of drug-likeness (QED) is 0.745. The lowest BCUT2D eigenvalue weighted by Crippen LogP contribution is -2.38. The van der Waals surface area contributed by atoms with E-state index in [0.717, 1.165) is 12.2 Å². The summed E-state index contributed by atoms with van der Waals surface area (Å²) in [5.74, 6) is 1.47. The number of nitrogens with one attached hydrogen (secondary N) is 1. The number of fused-ring (bicyclic) bond motifs is 1. The number of hydrogen-bond donors (Lipinski definition) is 1. The maximum atomic E-state index is 12.1. The van der Waals surface area contributed by atoms with Crippen molar-refractivity contribution in [3.8, 4) is 0 Å². The lowest BCUT2D eigenvalue weighted by atomic mass is 9.96. The number of carbonyl (C=O) groups is 1. The zero-order valence-electron chi connectivity index (χ0n) is 13.1. The molecule has 1 unspecified atom stereocenters. The van der Waals surface area contributed by atoms with Crippen LogP contribution in [0.4, 0.5) is 5.69 Å². The highest BCUT2D eigenvalue weighted by Gasteiger charge is 2.28. The van der Waals surface area contributed by atoms with Crippen LogP contribution >= 0.6 is 11.8 Å². The number of unbranched alkanes of at least 4 members (excludes halogenated alkanes) is 3. The first-order valence-corrected chi connectivity index (χ1v) is 9.21. The number of para-hydroxylation sites is 1. The van der Waals surface area contributed by atoms with Gasteiger partial charge in [-0.3, -0.25) is 4.79 Å². The lowest BCUT2D eigenvalue weighted by Gasteiger charge is -2.32. The number of nitrogens with zero attached hydrogens (tertiary/aromatic N) is 1. The molecule has 1 aliphatic rings. The van der Waals surface area contributed by atoms with E-state index in [2.05, 4.69) is 23.7 Å². The minimum atomic E-state index is 0.177. The second-order valence-electron chi connectivity index (χ2n) is 5.63. The molecule has 1 aromatic carbocycles. The standard InChI is InChI=1S/C17H26N2OS/c1-19-16-10-6-5-9-14(16)15(13-17(19)20)18-11-7-3-4-8-12-21-2/h5-6,9-10,15,18H,3-4,7-8,11-13H2,1-2H3. The summed E-state index contributed by atoms with van der Waals surface area (Å²) in [5, 5.41) is 3.57. The first-order chi connectivity index (χ1) is 10.2. The van der Waals surface area contributed by atoms with Crippen LogP contribution < -0.4 is 10.2 Å². The van der Waals surface area contributed by atoms with Gasteiger partial charge in [0.25, 0.3) is 0 Å². The Morgan fingerprint density at radius 3 is 2.81 bits per heavy atom. The highest BCUT2D eigenvalue weighted by molar-refractivity contribution is 7.98. The molecule has 0 bridgehead atoms. The van der Waals surface area contributed by atoms with Crippen molar-refractivity contribution in [2.75, 3.05) is 30.5 Å². The fraction of sp³-hybridized carbons (Fsp3) is 0.588. The number of anilines is 1. The van der Waals surface area contributed by atoms with Gasteiger partial charge in [0.15, 0.2) is 0 Å². The van der Waals surface area contributed by atoms with E-state index < -0.39 is 0 Å². The molecular formula is C17H26N2OS. The summed E-state index contributed by atoms with van der Waals surface area (Å²) in [5.41, 5.74) is 2.30. The molecule has 116 valence electrons. The Bertz CT molecular complexity index is 464. The van der Waals surface area contributed by atoms with Gasteiger partial charge in [-0.05, 0) is 43.0 Å². The zero-order valence-corrected chi connectivity index (χ0v) is 13.9. The van der Waals surface area contributed by atoms with E-state index in [1.54, 1.807) is 4.90 Å². The maximum absolute atomic E-state index is 12.1. The fourth-order valence-corrected chi connectivity index (χ4v) is 3.32. The van der Waals surface area contributed by atoms with E-state index in [0.29, 0.717) is 6.42 Å². The number of rotatable bonds is 8. The first kappa shape index (κ1) is 16.4. The number of amides is 1. The second kappa shape index (κ2) is 8.44. The minimum absolute atomic E-state index is 0.177. The molecular weight excluding hydrogens is 280 g/mol. The largest absolute Gasteiger partial charge is 0.315 e. The minimum Gasteiger partial charge on any atom is -0.315 e. The Labute approximate surface area is 132 Å². The van der Waals surface area contributed by atoms with Gasteiger partial charge in [-0.1, -0.05) is 31.0 Å². The van der Waals surface area contributed by atoms with Crippen molar-refractivity contribution in [1.82, 2.24) is 5.32 Å². The molecule has 4 heteroatoms. The molecule has 1 N–H and O–H groups in total. The molecule has 0 saturated heterocycles. The van der Waals surface area contributed by atoms with Crippen molar-refractivity contribution < 1.29 is 4.79 Å². The predicted molar refractivity (Wildman–Crippen MR) is 92.1 cm³/mol. The van der Waals surface area contributed by atoms with E-state index in [1.807, 2.05) is 30.9 Å². The van der Waals surface area contributed by atoms with Gasteiger partial charge in [-0.2, -0.15) is 11.8 Å². The van der Waals surface area contributed by atoms with E-state index in [-0.39, 0.29) is 11.9 Å². The van der Waals surface area contributed by atoms with E-state index in [9.17, 15) is 4.79 Å². The van der Waals surface area contributed by atoms with Gasteiger partial charge < -0.3 is 10.2 Å². The van der Waals surface area contributed by atoms with Crippen LogP contribution in [-0.2, 0) is 4.79 Å². The van der Waals surface area contributed by atoms with Crippen LogP contribution in [0.25, 0.3) is 0 Å². The average molecular weight is 306 g/mol. The van der Waals surface area contributed by atoms with Gasteiger partial charge in [-0.15, -0.1) is 0 Å². The summed E-state index contributed by atoms with van der Waals surface area (Å²) >= 11 is 1.92. The topological polar surface area (TPSA) is 32.3 Å². The van der Waals surface area contributed by atoms with Crippen LogP contribution in [0.5, 0.6) is 0 Å². The highest BCUT2D eigenvalue weighted by Crippen LogP contribution is 2.33. The molecule has 1 atom stereocenters. The van der Waals surface area contributed by atoms with Gasteiger partial charge in [-0.25, -0.2) is 0 Å². The van der Waals surface area contributed by atoms with Crippen LogP contribution in [-0.4, -0.2) is 31.5 Å². The molecule has 0 aliphatic carbocycles. The summed E-state index contributed by atoms with van der Waals surface area (Å²) < 4.78 is 0. The third-order valence-corrected chi connectivity index (χ3v) is 4.79. The Morgan fingerprint density at radius 1 is 1.24 bits per heavy atom. The number of benzene rings is 1. The van der Waals surface area contributed by atoms with Gasteiger partial charge in [0.1, 0.15) is 0 Å². The Balaban J connectivity index is 1.81. The predicted octanol–water partition coefficient (Wildman–Crippen LogP) is 3.61. The summed E-state index contributed by atoms with van der Waals surface area (Å²) in [6.07, 6.45) is 7.82. The van der Waals surface area contributed by atoms with Crippen LogP contribution in [0.1, 0.15) is 43.7 Å². The lowest BCUT2D eigenvalue weighted by molar-refractivity contribution is -0.119. The Hall–Kier alpha value is -1.00. The molecule has 0 spiro atoms. The summed E-state index contributed by atoms with van der Waals surface area (Å²) in [6.45, 7) is 0.995. The third kappa shape index (κ3) is 4.48. The van der Waals surface area contributed by atoms with Crippen molar-refractivity contribution in [2.45, 2.75) is 38.1 Å². The molecule has 1 aliphatic heterocycles. The maximum Gasteiger partial charge on any atom is 0.228 e. The molecule has 2 rings (SSSR count). The van der Waals surface area contributed by atoms with Gasteiger partial charge in [0, 0.05) is 25.2 Å². The summed E-state index contributed by atoms with van der Waals surface area (Å²) in [4.78, 5) is 13.8. The van der Waals surface area contributed by atoms with Crippen molar-refractivity contribution in [1.29, 1.82) is 0 Å². The zero-order chi connectivity index (χ0) is 15.1. The van der Waals surface area contributed by atoms with Gasteiger partial charge in [0.2, 0.25) is 5.91 Å². The van der Waals surface area contributed by atoms with Crippen molar-refractivity contribution >= 4 is 23.4 Å². The highest BCUT2D eigenvalue weighted by atomic mass is 32.2. The fourth-order valence-electron chi connectivity index (χ4n) is 2.83. The van der Waals surface area contributed by atoms with Crippen LogP contribution in [0.15, 0.2) is 24.3 Å². The first-order valence-electron chi connectivity index (χ1n) is 7.82. The molecule has 1 aromatic rings. The normalized spacial score (nSPS) is 17.9. The van der Waals surface area contributed by atoms with Crippen LogP contribution in [0, 0.1) is 0 Å². The molecule has 0 radical (unpaired) electrons. The monoisotopic (exact) mass is 306 g/mol. The Kier molecular flexibility index (Phi) is 6.58. The second-order valence-corrected chi connectivity index (χ2v) is 6.62. The van der Waals surface area contributed by atoms with Gasteiger partial charge in [0.05, 0.1) is 0 Å². The summed E-state index contributed by atoms with van der Waals surface area (Å²) in [7, 11) is 1.86. The van der Waals surface area contributed by atoms with Gasteiger partial charge >= 0.3 is 0 Å². The van der Waals surface area contributed by atoms with Crippen molar-refractivity contribution in [3.05, 3.63) is 29.8 Å². The molecule has 0 aromatic heterocycles. The molecule has 0 fully saturated rings. The molecule has 1 heterocycles. The molecule has 1 amide bonds.